The molecule has 0 bridgehead atoms. The normalized spacial score (nSPS) is 16.4. The van der Waals surface area contributed by atoms with Gasteiger partial charge in [0.05, 0.1) is 5.69 Å². The van der Waals surface area contributed by atoms with Crippen LogP contribution in [0.15, 0.2) is 16.7 Å². The fourth-order valence-electron chi connectivity index (χ4n) is 3.02. The molecule has 2 aromatic rings. The summed E-state index contributed by atoms with van der Waals surface area (Å²) < 4.78 is 5.16. The SMILES string of the molecule is CCc1cc(N2CCN(Cc3cc(C)on3)CC2)nc(C(C)(C)C)n1. The summed E-state index contributed by atoms with van der Waals surface area (Å²) in [4.78, 5) is 14.4. The van der Waals surface area contributed by atoms with Crippen LogP contribution in [0.2, 0.25) is 0 Å². The first-order valence-corrected chi connectivity index (χ1v) is 9.13. The second kappa shape index (κ2) is 7.12. The lowest BCUT2D eigenvalue weighted by atomic mass is 9.95. The summed E-state index contributed by atoms with van der Waals surface area (Å²) >= 11 is 0. The number of aromatic nitrogens is 3. The van der Waals surface area contributed by atoms with Crippen molar-refractivity contribution in [1.29, 1.82) is 0 Å². The number of hydrogen-bond acceptors (Lipinski definition) is 6. The van der Waals surface area contributed by atoms with Crippen molar-refractivity contribution < 1.29 is 4.52 Å². The Kier molecular flexibility index (Phi) is 5.08. The van der Waals surface area contributed by atoms with Crippen LogP contribution in [-0.4, -0.2) is 46.2 Å². The largest absolute Gasteiger partial charge is 0.361 e. The van der Waals surface area contributed by atoms with Crippen molar-refractivity contribution in [2.75, 3.05) is 31.1 Å². The van der Waals surface area contributed by atoms with Gasteiger partial charge in [0.25, 0.3) is 0 Å². The molecule has 0 aromatic carbocycles. The first-order chi connectivity index (χ1) is 11.8. The predicted octanol–water partition coefficient (Wildman–Crippen LogP) is 2.96. The van der Waals surface area contributed by atoms with E-state index in [4.69, 9.17) is 14.5 Å². The maximum absolute atomic E-state index is 5.16. The molecule has 1 saturated heterocycles. The molecule has 2 aromatic heterocycles. The van der Waals surface area contributed by atoms with E-state index in [2.05, 4.69) is 48.7 Å². The van der Waals surface area contributed by atoms with Gasteiger partial charge < -0.3 is 9.42 Å². The van der Waals surface area contributed by atoms with Gasteiger partial charge in [0, 0.05) is 56.0 Å². The third-order valence-electron chi connectivity index (χ3n) is 4.56. The van der Waals surface area contributed by atoms with Gasteiger partial charge in [0.15, 0.2) is 0 Å². The van der Waals surface area contributed by atoms with Crippen LogP contribution in [0, 0.1) is 6.92 Å². The van der Waals surface area contributed by atoms with E-state index in [0.717, 1.165) is 67.9 Å². The zero-order valence-electron chi connectivity index (χ0n) is 16.0. The van der Waals surface area contributed by atoms with Gasteiger partial charge in [-0.3, -0.25) is 4.90 Å². The highest BCUT2D eigenvalue weighted by atomic mass is 16.5. The Hall–Kier alpha value is -1.95. The predicted molar refractivity (Wildman–Crippen MR) is 98.8 cm³/mol. The summed E-state index contributed by atoms with van der Waals surface area (Å²) in [6.07, 6.45) is 0.935. The fourth-order valence-corrected chi connectivity index (χ4v) is 3.02. The average Bonchev–Trinajstić information content (AvgIpc) is 2.99. The van der Waals surface area contributed by atoms with E-state index in [9.17, 15) is 0 Å². The van der Waals surface area contributed by atoms with E-state index in [1.807, 2.05) is 13.0 Å². The van der Waals surface area contributed by atoms with Gasteiger partial charge >= 0.3 is 0 Å². The molecular formula is C19H29N5O. The highest BCUT2D eigenvalue weighted by Gasteiger charge is 2.23. The number of rotatable bonds is 4. The molecule has 0 spiro atoms. The zero-order chi connectivity index (χ0) is 18.0. The molecule has 25 heavy (non-hydrogen) atoms. The third-order valence-corrected chi connectivity index (χ3v) is 4.56. The lowest BCUT2D eigenvalue weighted by Gasteiger charge is -2.35. The summed E-state index contributed by atoms with van der Waals surface area (Å²) in [5.74, 6) is 2.87. The van der Waals surface area contributed by atoms with Crippen molar-refractivity contribution in [3.05, 3.63) is 35.1 Å². The zero-order valence-corrected chi connectivity index (χ0v) is 16.0. The number of anilines is 1. The molecule has 0 radical (unpaired) electrons. The molecule has 3 heterocycles. The van der Waals surface area contributed by atoms with E-state index < -0.39 is 0 Å². The number of hydrogen-bond donors (Lipinski definition) is 0. The van der Waals surface area contributed by atoms with E-state index in [1.54, 1.807) is 0 Å². The van der Waals surface area contributed by atoms with Gasteiger partial charge in [0.2, 0.25) is 0 Å². The second-order valence-electron chi connectivity index (χ2n) is 7.84. The van der Waals surface area contributed by atoms with Crippen molar-refractivity contribution >= 4 is 5.82 Å². The second-order valence-corrected chi connectivity index (χ2v) is 7.84. The van der Waals surface area contributed by atoms with Crippen LogP contribution in [0.4, 0.5) is 5.82 Å². The van der Waals surface area contributed by atoms with Crippen LogP contribution in [0.25, 0.3) is 0 Å². The Bertz CT molecular complexity index is 711. The average molecular weight is 343 g/mol. The molecule has 0 saturated carbocycles. The fraction of sp³-hybridized carbons (Fsp3) is 0.632. The molecule has 0 amide bonds. The molecule has 0 aliphatic carbocycles. The van der Waals surface area contributed by atoms with Crippen LogP contribution in [0.1, 0.15) is 50.7 Å². The number of nitrogens with zero attached hydrogens (tertiary/aromatic N) is 5. The summed E-state index contributed by atoms with van der Waals surface area (Å²) in [6, 6.07) is 4.16. The Morgan fingerprint density at radius 1 is 1.04 bits per heavy atom. The minimum Gasteiger partial charge on any atom is -0.361 e. The molecule has 1 fully saturated rings. The molecule has 1 aliphatic rings. The molecule has 0 N–H and O–H groups in total. The molecule has 0 unspecified atom stereocenters. The van der Waals surface area contributed by atoms with Crippen molar-refractivity contribution in [2.24, 2.45) is 0 Å². The molecule has 6 heteroatoms. The Morgan fingerprint density at radius 3 is 2.32 bits per heavy atom. The molecular weight excluding hydrogens is 314 g/mol. The topological polar surface area (TPSA) is 58.3 Å². The minimum atomic E-state index is -0.0352. The highest BCUT2D eigenvalue weighted by Crippen LogP contribution is 2.23. The Morgan fingerprint density at radius 2 is 1.76 bits per heavy atom. The maximum atomic E-state index is 5.16. The van der Waals surface area contributed by atoms with Crippen LogP contribution in [0.3, 0.4) is 0 Å². The highest BCUT2D eigenvalue weighted by molar-refractivity contribution is 5.41. The quantitative estimate of drug-likeness (QED) is 0.851. The van der Waals surface area contributed by atoms with Crippen molar-refractivity contribution in [1.82, 2.24) is 20.0 Å². The van der Waals surface area contributed by atoms with Crippen LogP contribution in [0.5, 0.6) is 0 Å². The third kappa shape index (κ3) is 4.37. The van der Waals surface area contributed by atoms with Crippen LogP contribution in [-0.2, 0) is 18.4 Å². The molecule has 136 valence electrons. The molecule has 0 atom stereocenters. The van der Waals surface area contributed by atoms with Crippen molar-refractivity contribution in [3.8, 4) is 0 Å². The van der Waals surface area contributed by atoms with Gasteiger partial charge in [-0.2, -0.15) is 0 Å². The number of piperazine rings is 1. The van der Waals surface area contributed by atoms with Gasteiger partial charge in [-0.25, -0.2) is 9.97 Å². The van der Waals surface area contributed by atoms with E-state index in [-0.39, 0.29) is 5.41 Å². The summed E-state index contributed by atoms with van der Waals surface area (Å²) in [5.41, 5.74) is 2.10. The summed E-state index contributed by atoms with van der Waals surface area (Å²) in [7, 11) is 0. The van der Waals surface area contributed by atoms with Gasteiger partial charge in [-0.1, -0.05) is 32.9 Å². The monoisotopic (exact) mass is 343 g/mol. The van der Waals surface area contributed by atoms with Crippen molar-refractivity contribution in [2.45, 2.75) is 53.0 Å². The molecule has 6 nitrogen and oxygen atoms in total. The van der Waals surface area contributed by atoms with Crippen LogP contribution >= 0.6 is 0 Å². The Balaban J connectivity index is 1.68. The first kappa shape index (κ1) is 17.9. The lowest BCUT2D eigenvalue weighted by Crippen LogP contribution is -2.46. The van der Waals surface area contributed by atoms with E-state index in [0.29, 0.717) is 0 Å². The van der Waals surface area contributed by atoms with Gasteiger partial charge in [-0.05, 0) is 13.3 Å². The molecule has 1 aliphatic heterocycles. The van der Waals surface area contributed by atoms with Crippen LogP contribution < -0.4 is 4.90 Å². The summed E-state index contributed by atoms with van der Waals surface area (Å²) in [6.45, 7) is 15.4. The first-order valence-electron chi connectivity index (χ1n) is 9.13. The standard InChI is InChI=1S/C19H29N5O/c1-6-15-12-17(21-18(20-15)19(3,4)5)24-9-7-23(8-10-24)13-16-11-14(2)25-22-16/h11-12H,6-10,13H2,1-5H3. The number of aryl methyl sites for hydroxylation is 2. The smallest absolute Gasteiger partial charge is 0.136 e. The van der Waals surface area contributed by atoms with E-state index in [1.165, 1.54) is 0 Å². The van der Waals surface area contributed by atoms with Crippen molar-refractivity contribution in [3.63, 3.8) is 0 Å². The molecule has 3 rings (SSSR count). The lowest BCUT2D eigenvalue weighted by molar-refractivity contribution is 0.241. The minimum absolute atomic E-state index is 0.0352. The van der Waals surface area contributed by atoms with Gasteiger partial charge in [0.1, 0.15) is 17.4 Å². The maximum Gasteiger partial charge on any atom is 0.136 e. The Labute approximate surface area is 150 Å². The summed E-state index contributed by atoms with van der Waals surface area (Å²) in [5, 5.41) is 4.10. The van der Waals surface area contributed by atoms with E-state index >= 15 is 0 Å². The van der Waals surface area contributed by atoms with Gasteiger partial charge in [-0.15, -0.1) is 0 Å².